The van der Waals surface area contributed by atoms with Crippen LogP contribution in [0.2, 0.25) is 5.02 Å². The Hall–Kier alpha value is -2.62. The van der Waals surface area contributed by atoms with Crippen molar-refractivity contribution in [1.82, 2.24) is 4.31 Å². The van der Waals surface area contributed by atoms with Crippen molar-refractivity contribution in [1.29, 1.82) is 0 Å². The van der Waals surface area contributed by atoms with E-state index in [0.717, 1.165) is 5.56 Å². The highest BCUT2D eigenvalue weighted by Gasteiger charge is 2.34. The molecular weight excluding hydrogens is 454 g/mol. The highest BCUT2D eigenvalue weighted by molar-refractivity contribution is 7.89. The lowest BCUT2D eigenvalue weighted by molar-refractivity contribution is -0.123. The number of ether oxygens (including phenoxy) is 1. The van der Waals surface area contributed by atoms with Gasteiger partial charge in [0.15, 0.2) is 6.10 Å². The van der Waals surface area contributed by atoms with E-state index in [4.69, 9.17) is 16.3 Å². The van der Waals surface area contributed by atoms with Crippen LogP contribution in [0.1, 0.15) is 25.3 Å². The number of halogens is 1. The Morgan fingerprint density at radius 1 is 1.28 bits per heavy atom. The molecule has 0 aromatic heterocycles. The van der Waals surface area contributed by atoms with E-state index in [1.54, 1.807) is 25.1 Å². The molecule has 2 unspecified atom stereocenters. The molecule has 0 bridgehead atoms. The van der Waals surface area contributed by atoms with Crippen molar-refractivity contribution in [3.63, 3.8) is 0 Å². The first-order valence-corrected chi connectivity index (χ1v) is 12.2. The molecule has 2 heterocycles. The number of benzene rings is 2. The molecule has 2 aromatic carbocycles. The van der Waals surface area contributed by atoms with Crippen LogP contribution >= 0.6 is 11.6 Å². The van der Waals surface area contributed by atoms with Crippen molar-refractivity contribution in [3.8, 4) is 5.75 Å². The van der Waals surface area contributed by atoms with Crippen LogP contribution in [-0.4, -0.2) is 43.7 Å². The molecule has 2 aliphatic rings. The van der Waals surface area contributed by atoms with Crippen LogP contribution in [0.5, 0.6) is 5.75 Å². The second kappa shape index (κ2) is 8.73. The van der Waals surface area contributed by atoms with Gasteiger partial charge < -0.3 is 15.4 Å². The molecular formula is C22H24ClN3O5S. The lowest BCUT2D eigenvalue weighted by Crippen LogP contribution is -2.43. The molecule has 2 amide bonds. The molecule has 2 aliphatic heterocycles. The zero-order valence-corrected chi connectivity index (χ0v) is 19.3. The monoisotopic (exact) mass is 477 g/mol. The van der Waals surface area contributed by atoms with Crippen LogP contribution in [0.25, 0.3) is 0 Å². The SMILES string of the molecule is Cc1c(Cl)cccc1NC(=O)C1CCCN(S(=O)(=O)c2ccc3c(c2)NC(=O)C(C)O3)C1. The van der Waals surface area contributed by atoms with E-state index in [9.17, 15) is 18.0 Å². The van der Waals surface area contributed by atoms with E-state index < -0.39 is 22.0 Å². The van der Waals surface area contributed by atoms with Gasteiger partial charge in [-0.2, -0.15) is 4.31 Å². The minimum atomic E-state index is -3.86. The molecule has 10 heteroatoms. The Kier molecular flexibility index (Phi) is 6.15. The van der Waals surface area contributed by atoms with Gasteiger partial charge >= 0.3 is 0 Å². The third-order valence-corrected chi connectivity index (χ3v) is 8.07. The number of sulfonamides is 1. The fraction of sp³-hybridized carbons (Fsp3) is 0.364. The Morgan fingerprint density at radius 3 is 2.84 bits per heavy atom. The maximum atomic E-state index is 13.3. The standard InChI is InChI=1S/C22H24ClN3O5S/c1-13-17(23)6-3-7-18(13)24-22(28)15-5-4-10-26(12-15)32(29,30)16-8-9-20-19(11-16)25-21(27)14(2)31-20/h3,6-9,11,14-15H,4-5,10,12H2,1-2H3,(H,24,28)(H,25,27). The maximum absolute atomic E-state index is 13.3. The van der Waals surface area contributed by atoms with Gasteiger partial charge in [0, 0.05) is 23.8 Å². The van der Waals surface area contributed by atoms with E-state index >= 15 is 0 Å². The van der Waals surface area contributed by atoms with Gasteiger partial charge in [-0.05, 0) is 62.6 Å². The van der Waals surface area contributed by atoms with Crippen LogP contribution in [-0.2, 0) is 19.6 Å². The summed E-state index contributed by atoms with van der Waals surface area (Å²) in [6, 6.07) is 9.65. The number of hydrogen-bond donors (Lipinski definition) is 2. The number of carbonyl (C=O) groups excluding carboxylic acids is 2. The number of rotatable bonds is 4. The third-order valence-electron chi connectivity index (χ3n) is 5.80. The van der Waals surface area contributed by atoms with E-state index in [-0.39, 0.29) is 23.3 Å². The van der Waals surface area contributed by atoms with Crippen molar-refractivity contribution < 1.29 is 22.7 Å². The predicted molar refractivity (Wildman–Crippen MR) is 121 cm³/mol. The number of nitrogens with zero attached hydrogens (tertiary/aromatic N) is 1. The van der Waals surface area contributed by atoms with Crippen molar-refractivity contribution in [2.75, 3.05) is 23.7 Å². The molecule has 1 fully saturated rings. The molecule has 2 N–H and O–H groups in total. The molecule has 8 nitrogen and oxygen atoms in total. The average Bonchev–Trinajstić information content (AvgIpc) is 2.77. The van der Waals surface area contributed by atoms with Crippen molar-refractivity contribution in [3.05, 3.63) is 47.0 Å². The summed E-state index contributed by atoms with van der Waals surface area (Å²) in [7, 11) is -3.86. The molecule has 170 valence electrons. The highest BCUT2D eigenvalue weighted by atomic mass is 35.5. The Labute approximate surface area is 191 Å². The van der Waals surface area contributed by atoms with Crippen LogP contribution in [0.3, 0.4) is 0 Å². The zero-order valence-electron chi connectivity index (χ0n) is 17.7. The van der Waals surface area contributed by atoms with Gasteiger partial charge in [0.1, 0.15) is 5.75 Å². The van der Waals surface area contributed by atoms with Crippen LogP contribution in [0.15, 0.2) is 41.3 Å². The first kappa shape index (κ1) is 22.6. The number of carbonyl (C=O) groups is 2. The average molecular weight is 478 g/mol. The summed E-state index contributed by atoms with van der Waals surface area (Å²) in [6.45, 7) is 3.83. The molecule has 0 radical (unpaired) electrons. The van der Waals surface area contributed by atoms with Crippen LogP contribution in [0, 0.1) is 12.8 Å². The summed E-state index contributed by atoms with van der Waals surface area (Å²) in [5.74, 6) is -0.643. The number of nitrogens with one attached hydrogen (secondary N) is 2. The smallest absolute Gasteiger partial charge is 0.265 e. The normalized spacial score (nSPS) is 21.3. The molecule has 32 heavy (non-hydrogen) atoms. The van der Waals surface area contributed by atoms with E-state index in [1.807, 2.05) is 6.92 Å². The highest BCUT2D eigenvalue weighted by Crippen LogP contribution is 2.34. The van der Waals surface area contributed by atoms with Gasteiger partial charge in [0.2, 0.25) is 15.9 Å². The van der Waals surface area contributed by atoms with Gasteiger partial charge in [0.05, 0.1) is 16.5 Å². The quantitative estimate of drug-likeness (QED) is 0.702. The van der Waals surface area contributed by atoms with Gasteiger partial charge in [-0.1, -0.05) is 17.7 Å². The molecule has 0 saturated carbocycles. The first-order chi connectivity index (χ1) is 15.2. The molecule has 0 aliphatic carbocycles. The number of fused-ring (bicyclic) bond motifs is 1. The predicted octanol–water partition coefficient (Wildman–Crippen LogP) is 3.41. The molecule has 0 spiro atoms. The van der Waals surface area contributed by atoms with Crippen LogP contribution < -0.4 is 15.4 Å². The fourth-order valence-electron chi connectivity index (χ4n) is 3.85. The summed E-state index contributed by atoms with van der Waals surface area (Å²) in [5, 5.41) is 6.09. The minimum Gasteiger partial charge on any atom is -0.479 e. The molecule has 1 saturated heterocycles. The van der Waals surface area contributed by atoms with Crippen molar-refractivity contribution >= 4 is 44.8 Å². The van der Waals surface area contributed by atoms with E-state index in [0.29, 0.717) is 41.5 Å². The number of piperidine rings is 1. The number of amides is 2. The number of anilines is 2. The topological polar surface area (TPSA) is 105 Å². The third kappa shape index (κ3) is 4.32. The lowest BCUT2D eigenvalue weighted by atomic mass is 9.98. The Morgan fingerprint density at radius 2 is 2.06 bits per heavy atom. The molecule has 2 aromatic rings. The molecule has 2 atom stereocenters. The second-order valence-corrected chi connectivity index (χ2v) is 10.4. The van der Waals surface area contributed by atoms with Gasteiger partial charge in [-0.15, -0.1) is 0 Å². The summed E-state index contributed by atoms with van der Waals surface area (Å²) < 4.78 is 33.4. The summed E-state index contributed by atoms with van der Waals surface area (Å²) >= 11 is 6.13. The summed E-state index contributed by atoms with van der Waals surface area (Å²) in [4.78, 5) is 24.8. The lowest BCUT2D eigenvalue weighted by Gasteiger charge is -2.31. The fourth-order valence-corrected chi connectivity index (χ4v) is 5.57. The zero-order chi connectivity index (χ0) is 23.0. The summed E-state index contributed by atoms with van der Waals surface area (Å²) in [5.41, 5.74) is 1.69. The number of hydrogen-bond acceptors (Lipinski definition) is 5. The van der Waals surface area contributed by atoms with Crippen LogP contribution in [0.4, 0.5) is 11.4 Å². The van der Waals surface area contributed by atoms with Gasteiger partial charge in [-0.3, -0.25) is 9.59 Å². The van der Waals surface area contributed by atoms with E-state index in [2.05, 4.69) is 10.6 Å². The maximum Gasteiger partial charge on any atom is 0.265 e. The Balaban J connectivity index is 1.51. The Bertz CT molecular complexity index is 1180. The van der Waals surface area contributed by atoms with E-state index in [1.165, 1.54) is 22.5 Å². The van der Waals surface area contributed by atoms with Crippen molar-refractivity contribution in [2.24, 2.45) is 5.92 Å². The van der Waals surface area contributed by atoms with Gasteiger partial charge in [0.25, 0.3) is 5.91 Å². The second-order valence-electron chi connectivity index (χ2n) is 8.01. The molecule has 4 rings (SSSR count). The summed E-state index contributed by atoms with van der Waals surface area (Å²) in [6.07, 6.45) is 0.506. The van der Waals surface area contributed by atoms with Gasteiger partial charge in [-0.25, -0.2) is 8.42 Å². The van der Waals surface area contributed by atoms with Crippen molar-refractivity contribution in [2.45, 2.75) is 37.7 Å². The minimum absolute atomic E-state index is 0.0430. The first-order valence-electron chi connectivity index (χ1n) is 10.3. The largest absolute Gasteiger partial charge is 0.479 e.